The number of anilines is 1. The summed E-state index contributed by atoms with van der Waals surface area (Å²) in [6.07, 6.45) is 0.536. The van der Waals surface area contributed by atoms with Crippen LogP contribution in [0.25, 0.3) is 0 Å². The van der Waals surface area contributed by atoms with Gasteiger partial charge in [-0.2, -0.15) is 0 Å². The van der Waals surface area contributed by atoms with Crippen molar-refractivity contribution in [1.82, 2.24) is 4.90 Å². The number of carboxylic acids is 1. The van der Waals surface area contributed by atoms with Gasteiger partial charge in [0, 0.05) is 13.1 Å². The zero-order valence-corrected chi connectivity index (χ0v) is 11.8. The third-order valence-electron chi connectivity index (χ3n) is 3.34. The first-order valence-electron chi connectivity index (χ1n) is 6.26. The molecule has 1 heterocycles. The molecule has 0 aliphatic carbocycles. The highest BCUT2D eigenvalue weighted by Crippen LogP contribution is 2.24. The Hall–Kier alpha value is -2.28. The molecule has 1 atom stereocenters. The number of carbonyl (C=O) groups is 3. The van der Waals surface area contributed by atoms with Crippen molar-refractivity contribution in [2.75, 3.05) is 18.4 Å². The largest absolute Gasteiger partial charge is 0.478 e. The van der Waals surface area contributed by atoms with Crippen molar-refractivity contribution >= 4 is 35.2 Å². The van der Waals surface area contributed by atoms with Crippen LogP contribution in [-0.4, -0.2) is 41.0 Å². The molecule has 0 bridgehead atoms. The van der Waals surface area contributed by atoms with Crippen LogP contribution in [0.1, 0.15) is 16.8 Å². The number of nitrogens with two attached hydrogens (primary N) is 1. The van der Waals surface area contributed by atoms with Gasteiger partial charge < -0.3 is 21.1 Å². The van der Waals surface area contributed by atoms with Gasteiger partial charge in [-0.15, -0.1) is 0 Å². The highest BCUT2D eigenvalue weighted by atomic mass is 35.5. The summed E-state index contributed by atoms with van der Waals surface area (Å²) >= 11 is 5.93. The zero-order valence-electron chi connectivity index (χ0n) is 11.0. The van der Waals surface area contributed by atoms with Crippen molar-refractivity contribution in [2.24, 2.45) is 11.7 Å². The number of carboxylic acid groups (broad SMARTS) is 1. The van der Waals surface area contributed by atoms with Crippen LogP contribution in [0.2, 0.25) is 5.02 Å². The van der Waals surface area contributed by atoms with Gasteiger partial charge in [0.05, 0.1) is 22.2 Å². The number of hydrogen-bond donors (Lipinski definition) is 3. The molecule has 0 radical (unpaired) electrons. The van der Waals surface area contributed by atoms with Crippen molar-refractivity contribution in [3.63, 3.8) is 0 Å². The van der Waals surface area contributed by atoms with Crippen molar-refractivity contribution in [3.05, 3.63) is 28.8 Å². The molecular weight excluding hydrogens is 298 g/mol. The molecule has 0 saturated carbocycles. The number of urea groups is 1. The fourth-order valence-corrected chi connectivity index (χ4v) is 2.35. The molecule has 1 aliphatic heterocycles. The van der Waals surface area contributed by atoms with E-state index < -0.39 is 17.9 Å². The van der Waals surface area contributed by atoms with Gasteiger partial charge in [0.2, 0.25) is 5.91 Å². The van der Waals surface area contributed by atoms with Crippen LogP contribution in [0.3, 0.4) is 0 Å². The first-order valence-corrected chi connectivity index (χ1v) is 6.64. The number of hydrogen-bond acceptors (Lipinski definition) is 3. The van der Waals surface area contributed by atoms with E-state index in [1.807, 2.05) is 0 Å². The molecule has 8 heteroatoms. The lowest BCUT2D eigenvalue weighted by Crippen LogP contribution is -2.34. The van der Waals surface area contributed by atoms with E-state index in [-0.39, 0.29) is 23.0 Å². The summed E-state index contributed by atoms with van der Waals surface area (Å²) < 4.78 is 0. The third-order valence-corrected chi connectivity index (χ3v) is 3.65. The van der Waals surface area contributed by atoms with Crippen molar-refractivity contribution in [3.8, 4) is 0 Å². The maximum Gasteiger partial charge on any atom is 0.335 e. The topological polar surface area (TPSA) is 113 Å². The predicted molar refractivity (Wildman–Crippen MR) is 76.3 cm³/mol. The molecule has 1 saturated heterocycles. The Bertz CT molecular complexity index is 605. The molecule has 21 heavy (non-hydrogen) atoms. The summed E-state index contributed by atoms with van der Waals surface area (Å²) in [4.78, 5) is 35.4. The molecule has 112 valence electrons. The van der Waals surface area contributed by atoms with E-state index in [9.17, 15) is 14.4 Å². The molecule has 1 aliphatic rings. The van der Waals surface area contributed by atoms with Gasteiger partial charge in [-0.25, -0.2) is 9.59 Å². The number of amides is 3. The molecule has 7 nitrogen and oxygen atoms in total. The molecule has 4 N–H and O–H groups in total. The highest BCUT2D eigenvalue weighted by molar-refractivity contribution is 6.34. The fraction of sp³-hybridized carbons (Fsp3) is 0.308. The number of rotatable bonds is 3. The average Bonchev–Trinajstić information content (AvgIpc) is 2.90. The summed E-state index contributed by atoms with van der Waals surface area (Å²) in [6.45, 7) is 0.705. The Morgan fingerprint density at radius 2 is 2.10 bits per heavy atom. The molecule has 1 aromatic rings. The van der Waals surface area contributed by atoms with Gasteiger partial charge in [-0.1, -0.05) is 11.6 Å². The number of nitrogens with zero attached hydrogens (tertiary/aromatic N) is 1. The van der Waals surface area contributed by atoms with Crippen molar-refractivity contribution in [2.45, 2.75) is 6.42 Å². The van der Waals surface area contributed by atoms with Crippen LogP contribution in [0.5, 0.6) is 0 Å². The second kappa shape index (κ2) is 6.01. The first-order chi connectivity index (χ1) is 9.88. The summed E-state index contributed by atoms with van der Waals surface area (Å²) in [5, 5.41) is 11.6. The minimum absolute atomic E-state index is 0.0352. The van der Waals surface area contributed by atoms with Gasteiger partial charge in [0.15, 0.2) is 0 Å². The van der Waals surface area contributed by atoms with E-state index in [0.29, 0.717) is 18.7 Å². The van der Waals surface area contributed by atoms with Gasteiger partial charge >= 0.3 is 12.0 Å². The summed E-state index contributed by atoms with van der Waals surface area (Å²) in [5.74, 6) is -1.85. The quantitative estimate of drug-likeness (QED) is 0.782. The minimum Gasteiger partial charge on any atom is -0.478 e. The number of carbonyl (C=O) groups excluding carboxylic acids is 2. The molecule has 1 unspecified atom stereocenters. The Morgan fingerprint density at radius 1 is 1.38 bits per heavy atom. The van der Waals surface area contributed by atoms with Crippen molar-refractivity contribution in [1.29, 1.82) is 0 Å². The Labute approximate surface area is 125 Å². The van der Waals surface area contributed by atoms with Crippen molar-refractivity contribution < 1.29 is 19.5 Å². The number of primary amides is 1. The first kappa shape index (κ1) is 15.1. The Balaban J connectivity index is 2.03. The van der Waals surface area contributed by atoms with E-state index >= 15 is 0 Å². The SMILES string of the molecule is NC(=O)C1CCN(C(=O)Nc2ccc(C(=O)O)cc2Cl)C1. The van der Waals surface area contributed by atoms with Crippen LogP contribution in [-0.2, 0) is 4.79 Å². The molecule has 1 fully saturated rings. The number of halogens is 1. The number of nitrogens with one attached hydrogen (secondary N) is 1. The van der Waals surface area contributed by atoms with E-state index in [4.69, 9.17) is 22.4 Å². The highest BCUT2D eigenvalue weighted by Gasteiger charge is 2.29. The van der Waals surface area contributed by atoms with E-state index in [0.717, 1.165) is 0 Å². The number of aromatic carboxylic acids is 1. The van der Waals surface area contributed by atoms with Crippen LogP contribution in [0, 0.1) is 5.92 Å². The normalized spacial score (nSPS) is 17.6. The average molecular weight is 312 g/mol. The summed E-state index contributed by atoms with van der Waals surface area (Å²) in [7, 11) is 0. The summed E-state index contributed by atoms with van der Waals surface area (Å²) in [6, 6.07) is 3.63. The minimum atomic E-state index is -1.10. The number of benzene rings is 1. The molecular formula is C13H14ClN3O4. The summed E-state index contributed by atoms with van der Waals surface area (Å²) in [5.41, 5.74) is 5.56. The van der Waals surface area contributed by atoms with Gasteiger partial charge in [0.1, 0.15) is 0 Å². The van der Waals surface area contributed by atoms with Crippen LogP contribution in [0.15, 0.2) is 18.2 Å². The second-order valence-corrected chi connectivity index (χ2v) is 5.17. The monoisotopic (exact) mass is 311 g/mol. The molecule has 0 spiro atoms. The Morgan fingerprint density at radius 3 is 2.62 bits per heavy atom. The van der Waals surface area contributed by atoms with Crippen LogP contribution >= 0.6 is 11.6 Å². The maximum atomic E-state index is 12.0. The smallest absolute Gasteiger partial charge is 0.335 e. The number of likely N-dealkylation sites (tertiary alicyclic amines) is 1. The van der Waals surface area contributed by atoms with E-state index in [1.54, 1.807) is 0 Å². The molecule has 3 amide bonds. The Kier molecular flexibility index (Phi) is 4.32. The lowest BCUT2D eigenvalue weighted by atomic mass is 10.1. The third kappa shape index (κ3) is 3.43. The predicted octanol–water partition coefficient (Wildman–Crippen LogP) is 1.38. The standard InChI is InChI=1S/C13H14ClN3O4/c14-9-5-7(12(19)20)1-2-10(9)16-13(21)17-4-3-8(6-17)11(15)18/h1-2,5,8H,3-4,6H2,(H2,15,18)(H,16,21)(H,19,20). The second-order valence-electron chi connectivity index (χ2n) is 4.76. The van der Waals surface area contributed by atoms with Gasteiger partial charge in [-0.05, 0) is 24.6 Å². The lowest BCUT2D eigenvalue weighted by Gasteiger charge is -2.17. The zero-order chi connectivity index (χ0) is 15.6. The molecule has 0 aromatic heterocycles. The molecule has 2 rings (SSSR count). The van der Waals surface area contributed by atoms with Crippen LogP contribution in [0.4, 0.5) is 10.5 Å². The maximum absolute atomic E-state index is 12.0. The lowest BCUT2D eigenvalue weighted by molar-refractivity contribution is -0.121. The fourth-order valence-electron chi connectivity index (χ4n) is 2.12. The van der Waals surface area contributed by atoms with Gasteiger partial charge in [0.25, 0.3) is 0 Å². The van der Waals surface area contributed by atoms with E-state index in [2.05, 4.69) is 5.32 Å². The molecule has 1 aromatic carbocycles. The van der Waals surface area contributed by atoms with E-state index in [1.165, 1.54) is 23.1 Å². The van der Waals surface area contributed by atoms with Crippen LogP contribution < -0.4 is 11.1 Å². The van der Waals surface area contributed by atoms with Gasteiger partial charge in [-0.3, -0.25) is 4.79 Å².